The van der Waals surface area contributed by atoms with Crippen LogP contribution in [0.2, 0.25) is 0 Å². The van der Waals surface area contributed by atoms with Crippen LogP contribution < -0.4 is 46.8 Å². The number of likely N-dealkylation sites (N-methyl/N-ethyl adjacent to an activating group) is 2. The second-order valence-electron chi connectivity index (χ2n) is 17.9. The van der Waals surface area contributed by atoms with Gasteiger partial charge in [0.05, 0.1) is 64.9 Å². The third-order valence-corrected chi connectivity index (χ3v) is 10.6. The summed E-state index contributed by atoms with van der Waals surface area (Å²) >= 11 is 0. The standard InChI is InChI=1S/C19H36N2O3.C15H21NO3.C10H18N4O3.C7H10N2O2/c1-5-18(22)20(2)15-13-11-9-7-6-8-10-12-14-16-21(3,4)17-19(23)24;1-13(2)7-12-19-11-4-3-8-16-9-5-14(6-10-16)15(17)18;1-6(2)8(15)14-5-7(9(16)17)3-4-13-10(11)12;1-2-8-3-4-9(6-8)5-7(10)11/h5H,1,6-17H2,2-4H3;5-6,9-10H,1,3-4,7-8,11-12H2,2H3;7H,1,3-5H2,2H3,(H,14,15)(H,16,17)(H4,11,12,13);2-4H,1,5-6H2,(H,10,11)/p-1. The molecule has 1 aliphatic rings. The van der Waals surface area contributed by atoms with Crippen LogP contribution in [-0.4, -0.2) is 141 Å². The maximum atomic E-state index is 11.3. The van der Waals surface area contributed by atoms with E-state index < -0.39 is 29.8 Å². The Kier molecular flexibility index (Phi) is 37.7. The first-order valence-corrected chi connectivity index (χ1v) is 24.0. The number of pyridine rings is 1. The summed E-state index contributed by atoms with van der Waals surface area (Å²) in [6, 6.07) is 3.11. The van der Waals surface area contributed by atoms with E-state index in [2.05, 4.69) is 36.6 Å². The average Bonchev–Trinajstić information content (AvgIpc) is 3.75. The Balaban J connectivity index is 0. The highest BCUT2D eigenvalue weighted by Gasteiger charge is 2.15. The fraction of sp³-hybridized carbons (Fsp3) is 0.569. The van der Waals surface area contributed by atoms with Crippen molar-refractivity contribution in [2.24, 2.45) is 17.4 Å². The smallest absolute Gasteiger partial charge is 0.338 e. The van der Waals surface area contributed by atoms with Crippen molar-refractivity contribution >= 4 is 41.7 Å². The van der Waals surface area contributed by atoms with E-state index in [1.807, 2.05) is 32.6 Å². The lowest BCUT2D eigenvalue weighted by Crippen LogP contribution is -2.78. The molecule has 1 atom stereocenters. The summed E-state index contributed by atoms with van der Waals surface area (Å²) in [5.74, 6) is -5.58. The highest BCUT2D eigenvalue weighted by molar-refractivity contribution is 5.92. The highest BCUT2D eigenvalue weighted by atomic mass is 16.5. The van der Waals surface area contributed by atoms with E-state index in [1.165, 1.54) is 57.9 Å². The molecule has 20 nitrogen and oxygen atoms in total. The zero-order valence-electron chi connectivity index (χ0n) is 43.2. The van der Waals surface area contributed by atoms with Crippen molar-refractivity contribution < 1.29 is 68.0 Å². The van der Waals surface area contributed by atoms with E-state index >= 15 is 0 Å². The van der Waals surface area contributed by atoms with Gasteiger partial charge in [0.25, 0.3) is 0 Å². The van der Waals surface area contributed by atoms with Crippen LogP contribution in [0.1, 0.15) is 108 Å². The number of nitrogens with zero attached hydrogens (tertiary/aromatic N) is 5. The number of carboxylic acid groups (broad SMARTS) is 4. The molecule has 1 aromatic heterocycles. The number of nitrogens with one attached hydrogen (secondary N) is 2. The number of aryl methyl sites for hydroxylation is 1. The number of carboxylic acids is 4. The molecule has 2 rings (SSSR count). The minimum Gasteiger partial charge on any atom is -0.550 e. The molecular formula is C51H84N9O11-. The number of carbonyl (C=O) groups is 6. The number of amides is 2. The first kappa shape index (κ1) is 66.5. The van der Waals surface area contributed by atoms with Crippen LogP contribution in [0.25, 0.3) is 0 Å². The molecule has 1 aliphatic heterocycles. The lowest BCUT2D eigenvalue weighted by Gasteiger charge is -2.30. The van der Waals surface area contributed by atoms with Crippen molar-refractivity contribution in [3.63, 3.8) is 0 Å². The van der Waals surface area contributed by atoms with E-state index in [0.717, 1.165) is 70.5 Å². The number of quaternary nitrogens is 1. The van der Waals surface area contributed by atoms with Gasteiger partial charge in [-0.25, -0.2) is 4.57 Å². The Morgan fingerprint density at radius 1 is 0.873 bits per heavy atom. The molecule has 0 radical (unpaired) electrons. The zero-order valence-corrected chi connectivity index (χ0v) is 43.2. The minimum atomic E-state index is -1.23. The van der Waals surface area contributed by atoms with Gasteiger partial charge < -0.3 is 68.8 Å². The molecule has 6 N–H and O–H groups in total. The number of aliphatic carboxylic acids is 3. The van der Waals surface area contributed by atoms with Gasteiger partial charge in [-0.05, 0) is 64.6 Å². The molecule has 0 aliphatic carbocycles. The number of aromatic nitrogens is 1. The van der Waals surface area contributed by atoms with Gasteiger partial charge in [0.15, 0.2) is 12.4 Å². The first-order valence-electron chi connectivity index (χ1n) is 24.0. The number of hydrogen-bond donors (Lipinski definition) is 4. The summed E-state index contributed by atoms with van der Waals surface area (Å²) in [7, 11) is 5.70. The summed E-state index contributed by atoms with van der Waals surface area (Å²) in [4.78, 5) is 72.3. The summed E-state index contributed by atoms with van der Waals surface area (Å²) < 4.78 is 7.94. The van der Waals surface area contributed by atoms with E-state index in [-0.39, 0.29) is 49.4 Å². The van der Waals surface area contributed by atoms with Crippen molar-refractivity contribution in [1.82, 2.24) is 20.0 Å². The Morgan fingerprint density at radius 2 is 1.46 bits per heavy atom. The van der Waals surface area contributed by atoms with Crippen molar-refractivity contribution in [3.05, 3.63) is 92.2 Å². The normalized spacial score (nSPS) is 11.7. The van der Waals surface area contributed by atoms with Crippen molar-refractivity contribution in [1.29, 1.82) is 0 Å². The van der Waals surface area contributed by atoms with Crippen LogP contribution in [0.15, 0.2) is 86.7 Å². The molecule has 0 bridgehead atoms. The molecule has 400 valence electrons. The summed E-state index contributed by atoms with van der Waals surface area (Å²) in [6.45, 7) is 22.7. The van der Waals surface area contributed by atoms with Crippen LogP contribution in [0.4, 0.5) is 0 Å². The molecule has 2 amide bonds. The quantitative estimate of drug-likeness (QED) is 0.0108. The van der Waals surface area contributed by atoms with Gasteiger partial charge in [-0.2, -0.15) is 0 Å². The Hall–Kier alpha value is -6.54. The topological polar surface area (TPSA) is 296 Å². The summed E-state index contributed by atoms with van der Waals surface area (Å²) in [5.41, 5.74) is 12.0. The maximum Gasteiger partial charge on any atom is 0.338 e. The summed E-state index contributed by atoms with van der Waals surface area (Å²) in [6.07, 6.45) is 23.8. The second-order valence-corrected chi connectivity index (χ2v) is 17.9. The number of rotatable bonds is 34. The van der Waals surface area contributed by atoms with E-state index in [0.29, 0.717) is 23.3 Å². The molecule has 1 aromatic rings. The Morgan fingerprint density at radius 3 is 1.94 bits per heavy atom. The predicted molar refractivity (Wildman–Crippen MR) is 265 cm³/mol. The molecule has 0 aromatic carbocycles. The predicted octanol–water partition coefficient (Wildman–Crippen LogP) is -2.22. The SMILES string of the molecule is C=C(C)C(=O)NCC(CC[NH+]=C(N)N)C(=O)[O-].C=C(C)CCOCCCC[n+]1ccc(C(=O)[O-])cc1.C=CC(=O)N(C)CCCCCCCCCCC[N+](C)(C)CC(=O)[O-].C=CN1C=CN(CC(=O)[O-])C1. The molecule has 0 spiro atoms. The third-order valence-electron chi connectivity index (χ3n) is 10.6. The van der Waals surface area contributed by atoms with E-state index in [1.54, 1.807) is 57.8 Å². The van der Waals surface area contributed by atoms with Gasteiger partial charge in [0.2, 0.25) is 11.8 Å². The van der Waals surface area contributed by atoms with Crippen LogP contribution in [0.5, 0.6) is 0 Å². The molecule has 2 heterocycles. The van der Waals surface area contributed by atoms with Crippen LogP contribution in [-0.2, 0) is 35.3 Å². The van der Waals surface area contributed by atoms with Crippen LogP contribution in [0.3, 0.4) is 0 Å². The molecule has 71 heavy (non-hydrogen) atoms. The number of ether oxygens (including phenoxy) is 1. The fourth-order valence-corrected chi connectivity index (χ4v) is 6.34. The number of hydrogen-bond acceptors (Lipinski definition) is 13. The summed E-state index contributed by atoms with van der Waals surface area (Å²) in [5, 5.41) is 44.6. The van der Waals surface area contributed by atoms with Crippen LogP contribution >= 0.6 is 0 Å². The van der Waals surface area contributed by atoms with Gasteiger partial charge in [-0.3, -0.25) is 26.0 Å². The number of unbranched alkanes of at least 4 members (excludes halogenated alkanes) is 9. The average molecular weight is 999 g/mol. The Labute approximate surface area is 422 Å². The lowest BCUT2D eigenvalue weighted by atomic mass is 10.1. The van der Waals surface area contributed by atoms with Crippen molar-refractivity contribution in [2.45, 2.75) is 104 Å². The molecule has 0 saturated carbocycles. The van der Waals surface area contributed by atoms with Gasteiger partial charge in [0.1, 0.15) is 13.1 Å². The van der Waals surface area contributed by atoms with Gasteiger partial charge >= 0.3 is 5.96 Å². The third kappa shape index (κ3) is 40.0. The minimum absolute atomic E-state index is 0.00332. The fourth-order valence-electron chi connectivity index (χ4n) is 6.34. The van der Waals surface area contributed by atoms with Crippen molar-refractivity contribution in [2.75, 3.05) is 80.3 Å². The van der Waals surface area contributed by atoms with Gasteiger partial charge in [0, 0.05) is 80.7 Å². The Bertz CT molecular complexity index is 1850. The van der Waals surface area contributed by atoms with E-state index in [4.69, 9.17) is 16.2 Å². The molecule has 1 unspecified atom stereocenters. The van der Waals surface area contributed by atoms with Gasteiger partial charge in [-0.1, -0.05) is 63.8 Å². The van der Waals surface area contributed by atoms with Gasteiger partial charge in [-0.15, -0.1) is 6.58 Å². The molecule has 0 saturated heterocycles. The monoisotopic (exact) mass is 999 g/mol. The maximum absolute atomic E-state index is 11.3. The molecule has 0 fully saturated rings. The number of nitrogens with two attached hydrogens (primary N) is 2. The largest absolute Gasteiger partial charge is 0.550 e. The first-order chi connectivity index (χ1) is 33.4. The van der Waals surface area contributed by atoms with E-state index in [9.17, 15) is 49.2 Å². The molecular weight excluding hydrogens is 915 g/mol. The van der Waals surface area contributed by atoms with Crippen molar-refractivity contribution in [3.8, 4) is 0 Å². The number of carbonyl (C=O) groups excluding carboxylic acids is 6. The molecule has 20 heteroatoms. The number of guanidine groups is 1. The highest BCUT2D eigenvalue weighted by Crippen LogP contribution is 2.12. The second kappa shape index (κ2) is 40.2. The van der Waals surface area contributed by atoms with Crippen LogP contribution in [0, 0.1) is 5.92 Å². The number of aromatic carboxylic acids is 1. The zero-order chi connectivity index (χ0) is 54.2. The lowest BCUT2D eigenvalue weighted by molar-refractivity contribution is -0.885.